The van der Waals surface area contributed by atoms with Crippen LogP contribution in [-0.2, 0) is 14.3 Å². The minimum atomic E-state index is -3.23. The van der Waals surface area contributed by atoms with Crippen LogP contribution in [0.15, 0.2) is 0 Å². The second kappa shape index (κ2) is 8.24. The van der Waals surface area contributed by atoms with E-state index >= 15 is 0 Å². The SMILES string of the molecule is [CH2]CCCCCCCCOS(C)(=O)=O. The zero-order valence-corrected chi connectivity index (χ0v) is 9.81. The van der Waals surface area contributed by atoms with Crippen molar-refractivity contribution in [3.05, 3.63) is 6.92 Å². The maximum absolute atomic E-state index is 10.6. The van der Waals surface area contributed by atoms with Crippen LogP contribution < -0.4 is 0 Å². The molecule has 0 unspecified atom stereocenters. The summed E-state index contributed by atoms with van der Waals surface area (Å²) < 4.78 is 25.8. The van der Waals surface area contributed by atoms with Gasteiger partial charge < -0.3 is 0 Å². The number of rotatable bonds is 9. The lowest BCUT2D eigenvalue weighted by Gasteiger charge is -2.01. The Bertz CT molecular complexity index is 209. The Hall–Kier alpha value is -0.0900. The molecular weight excluding hydrogens is 200 g/mol. The molecule has 0 aromatic heterocycles. The summed E-state index contributed by atoms with van der Waals surface area (Å²) in [6.45, 7) is 4.10. The quantitative estimate of drug-likeness (QED) is 0.444. The summed E-state index contributed by atoms with van der Waals surface area (Å²) in [6, 6.07) is 0. The summed E-state index contributed by atoms with van der Waals surface area (Å²) in [6.07, 6.45) is 8.78. The van der Waals surface area contributed by atoms with E-state index in [1.165, 1.54) is 19.3 Å². The van der Waals surface area contributed by atoms with Crippen LogP contribution in [0.1, 0.15) is 44.9 Å². The first-order valence-corrected chi connectivity index (χ1v) is 7.01. The van der Waals surface area contributed by atoms with E-state index in [1.807, 2.05) is 0 Å². The van der Waals surface area contributed by atoms with Gasteiger partial charge in [-0.1, -0.05) is 45.4 Å². The molecule has 0 atom stereocenters. The standard InChI is InChI=1S/C10H21O3S/c1-3-4-5-6-7-8-9-10-13-14(2,11)12/h1,3-10H2,2H3. The molecule has 0 saturated carbocycles. The third-order valence-electron chi connectivity index (χ3n) is 1.94. The Balaban J connectivity index is 3.07. The molecule has 0 saturated heterocycles. The maximum atomic E-state index is 10.6. The van der Waals surface area contributed by atoms with E-state index in [-0.39, 0.29) is 0 Å². The van der Waals surface area contributed by atoms with Gasteiger partial charge >= 0.3 is 0 Å². The molecule has 0 bridgehead atoms. The minimum Gasteiger partial charge on any atom is -0.270 e. The van der Waals surface area contributed by atoms with Crippen molar-refractivity contribution in [2.75, 3.05) is 12.9 Å². The molecule has 0 aliphatic rings. The van der Waals surface area contributed by atoms with E-state index in [2.05, 4.69) is 11.1 Å². The van der Waals surface area contributed by atoms with Crippen molar-refractivity contribution in [1.29, 1.82) is 0 Å². The van der Waals surface area contributed by atoms with E-state index in [9.17, 15) is 8.42 Å². The first-order valence-electron chi connectivity index (χ1n) is 5.20. The average Bonchev–Trinajstić information content (AvgIpc) is 2.08. The van der Waals surface area contributed by atoms with Crippen LogP contribution in [0.5, 0.6) is 0 Å². The van der Waals surface area contributed by atoms with Gasteiger partial charge in [-0.25, -0.2) is 0 Å². The summed E-state index contributed by atoms with van der Waals surface area (Å²) in [5.74, 6) is 0. The molecular formula is C10H21O3S. The summed E-state index contributed by atoms with van der Waals surface area (Å²) in [4.78, 5) is 0. The van der Waals surface area contributed by atoms with Gasteiger partial charge in [0.25, 0.3) is 10.1 Å². The van der Waals surface area contributed by atoms with Gasteiger partial charge in [0.2, 0.25) is 0 Å². The molecule has 0 N–H and O–H groups in total. The second-order valence-electron chi connectivity index (χ2n) is 3.50. The smallest absolute Gasteiger partial charge is 0.264 e. The van der Waals surface area contributed by atoms with Crippen LogP contribution in [0.2, 0.25) is 0 Å². The van der Waals surface area contributed by atoms with Crippen LogP contribution >= 0.6 is 0 Å². The van der Waals surface area contributed by atoms with Gasteiger partial charge in [-0.2, -0.15) is 8.42 Å². The summed E-state index contributed by atoms with van der Waals surface area (Å²) >= 11 is 0. The Labute approximate surface area is 88.0 Å². The van der Waals surface area contributed by atoms with Crippen molar-refractivity contribution >= 4 is 10.1 Å². The van der Waals surface area contributed by atoms with Gasteiger partial charge in [0.1, 0.15) is 0 Å². The minimum absolute atomic E-state index is 0.328. The molecule has 0 aromatic rings. The molecule has 0 amide bonds. The van der Waals surface area contributed by atoms with E-state index in [0.29, 0.717) is 6.61 Å². The molecule has 1 radical (unpaired) electrons. The van der Waals surface area contributed by atoms with Crippen LogP contribution in [-0.4, -0.2) is 21.3 Å². The van der Waals surface area contributed by atoms with Crippen LogP contribution in [0.4, 0.5) is 0 Å². The molecule has 3 nitrogen and oxygen atoms in total. The van der Waals surface area contributed by atoms with E-state index in [1.54, 1.807) is 0 Å². The van der Waals surface area contributed by atoms with Crippen molar-refractivity contribution < 1.29 is 12.6 Å². The highest BCUT2D eigenvalue weighted by Gasteiger charge is 1.99. The van der Waals surface area contributed by atoms with Crippen molar-refractivity contribution in [2.24, 2.45) is 0 Å². The highest BCUT2D eigenvalue weighted by Crippen LogP contribution is 2.07. The lowest BCUT2D eigenvalue weighted by Crippen LogP contribution is -2.03. The lowest BCUT2D eigenvalue weighted by molar-refractivity contribution is 0.309. The van der Waals surface area contributed by atoms with Crippen molar-refractivity contribution in [2.45, 2.75) is 44.9 Å². The fourth-order valence-corrected chi connectivity index (χ4v) is 1.62. The van der Waals surface area contributed by atoms with Crippen LogP contribution in [0.25, 0.3) is 0 Å². The summed E-state index contributed by atoms with van der Waals surface area (Å²) in [5.41, 5.74) is 0. The highest BCUT2D eigenvalue weighted by atomic mass is 32.2. The Kier molecular flexibility index (Phi) is 8.18. The average molecular weight is 221 g/mol. The zero-order valence-electron chi connectivity index (χ0n) is 9.00. The van der Waals surface area contributed by atoms with Gasteiger partial charge in [-0.15, -0.1) is 0 Å². The van der Waals surface area contributed by atoms with Gasteiger partial charge in [0, 0.05) is 0 Å². The van der Waals surface area contributed by atoms with Crippen LogP contribution in [0, 0.1) is 6.92 Å². The van der Waals surface area contributed by atoms with Crippen molar-refractivity contribution in [3.8, 4) is 0 Å². The lowest BCUT2D eigenvalue weighted by atomic mass is 10.1. The predicted octanol–water partition coefficient (Wildman–Crippen LogP) is 2.53. The second-order valence-corrected chi connectivity index (χ2v) is 5.14. The molecule has 14 heavy (non-hydrogen) atoms. The zero-order chi connectivity index (χ0) is 10.9. The molecule has 0 spiro atoms. The fourth-order valence-electron chi connectivity index (χ4n) is 1.20. The van der Waals surface area contributed by atoms with Crippen LogP contribution in [0.3, 0.4) is 0 Å². The van der Waals surface area contributed by atoms with Crippen molar-refractivity contribution in [1.82, 2.24) is 0 Å². The van der Waals surface area contributed by atoms with E-state index in [4.69, 9.17) is 0 Å². The highest BCUT2D eigenvalue weighted by molar-refractivity contribution is 7.85. The fraction of sp³-hybridized carbons (Fsp3) is 0.900. The molecule has 4 heteroatoms. The molecule has 0 rings (SSSR count). The molecule has 0 aromatic carbocycles. The summed E-state index contributed by atoms with van der Waals surface area (Å²) in [7, 11) is -3.23. The topological polar surface area (TPSA) is 43.4 Å². The largest absolute Gasteiger partial charge is 0.270 e. The number of unbranched alkanes of at least 4 members (excludes halogenated alkanes) is 6. The Morgan fingerprint density at radius 2 is 1.50 bits per heavy atom. The Morgan fingerprint density at radius 3 is 2.00 bits per heavy atom. The molecule has 0 fully saturated rings. The number of hydrogen-bond donors (Lipinski definition) is 0. The van der Waals surface area contributed by atoms with E-state index in [0.717, 1.165) is 31.9 Å². The van der Waals surface area contributed by atoms with Gasteiger partial charge in [-0.05, 0) is 6.42 Å². The maximum Gasteiger partial charge on any atom is 0.264 e. The molecule has 0 aliphatic heterocycles. The van der Waals surface area contributed by atoms with Crippen molar-refractivity contribution in [3.63, 3.8) is 0 Å². The van der Waals surface area contributed by atoms with Gasteiger partial charge in [0.05, 0.1) is 12.9 Å². The predicted molar refractivity (Wildman–Crippen MR) is 58.5 cm³/mol. The van der Waals surface area contributed by atoms with E-state index < -0.39 is 10.1 Å². The molecule has 0 aliphatic carbocycles. The third-order valence-corrected chi connectivity index (χ3v) is 2.54. The molecule has 0 heterocycles. The summed E-state index contributed by atoms with van der Waals surface area (Å²) in [5, 5.41) is 0. The normalized spacial score (nSPS) is 11.9. The monoisotopic (exact) mass is 221 g/mol. The first-order chi connectivity index (χ1) is 6.56. The Morgan fingerprint density at radius 1 is 1.00 bits per heavy atom. The van der Waals surface area contributed by atoms with Gasteiger partial charge in [0.15, 0.2) is 0 Å². The third kappa shape index (κ3) is 11.9. The molecule has 85 valence electrons. The first kappa shape index (κ1) is 13.9. The number of hydrogen-bond acceptors (Lipinski definition) is 3. The van der Waals surface area contributed by atoms with Gasteiger partial charge in [-0.3, -0.25) is 4.18 Å².